The minimum Gasteiger partial charge on any atom is -0.496 e. The highest BCUT2D eigenvalue weighted by Gasteiger charge is 2.14. The number of methoxy groups -OCH3 is 1. The van der Waals surface area contributed by atoms with Crippen LogP contribution in [0.1, 0.15) is 25.7 Å². The number of anilines is 1. The summed E-state index contributed by atoms with van der Waals surface area (Å²) in [5, 5.41) is 0. The molecule has 1 atom stereocenters. The number of nitrogen functional groups attached to an aromatic ring is 1. The number of thioether (sulfide) groups is 1. The molecule has 0 amide bonds. The zero-order chi connectivity index (χ0) is 12.8. The molecule has 18 heavy (non-hydrogen) atoms. The molecule has 100 valence electrons. The topological polar surface area (TPSA) is 44.5 Å². The van der Waals surface area contributed by atoms with Gasteiger partial charge in [0.05, 0.1) is 13.2 Å². The Morgan fingerprint density at radius 2 is 2.39 bits per heavy atom. The lowest BCUT2D eigenvalue weighted by Gasteiger charge is -2.10. The first-order chi connectivity index (χ1) is 8.79. The first-order valence-electron chi connectivity index (χ1n) is 6.47. The molecule has 1 fully saturated rings. The standard InChI is InChI=1S/C14H21NO2S/c1-16-13-10-11(15)6-7-14(13)18-9-3-5-12-4-2-8-17-12/h6-7,10,12H,2-5,8-9,15H2,1H3. The van der Waals surface area contributed by atoms with Crippen molar-refractivity contribution in [3.63, 3.8) is 0 Å². The average molecular weight is 267 g/mol. The molecule has 2 N–H and O–H groups in total. The minimum atomic E-state index is 0.499. The molecule has 1 aliphatic heterocycles. The summed E-state index contributed by atoms with van der Waals surface area (Å²) in [5.41, 5.74) is 6.48. The summed E-state index contributed by atoms with van der Waals surface area (Å²) >= 11 is 1.83. The van der Waals surface area contributed by atoms with E-state index in [0.717, 1.165) is 23.8 Å². The highest BCUT2D eigenvalue weighted by molar-refractivity contribution is 7.99. The van der Waals surface area contributed by atoms with Gasteiger partial charge in [-0.2, -0.15) is 0 Å². The molecular formula is C14H21NO2S. The minimum absolute atomic E-state index is 0.499. The first-order valence-corrected chi connectivity index (χ1v) is 7.46. The lowest BCUT2D eigenvalue weighted by atomic mass is 10.1. The van der Waals surface area contributed by atoms with E-state index in [0.29, 0.717) is 6.10 Å². The molecule has 0 aliphatic carbocycles. The number of rotatable bonds is 6. The molecule has 0 radical (unpaired) electrons. The molecule has 0 aromatic heterocycles. The Labute approximate surface area is 113 Å². The highest BCUT2D eigenvalue weighted by Crippen LogP contribution is 2.31. The third-order valence-electron chi connectivity index (χ3n) is 3.14. The second kappa shape index (κ2) is 6.90. The van der Waals surface area contributed by atoms with Crippen molar-refractivity contribution in [2.45, 2.75) is 36.7 Å². The van der Waals surface area contributed by atoms with E-state index < -0.39 is 0 Å². The maximum absolute atomic E-state index is 5.73. The fraction of sp³-hybridized carbons (Fsp3) is 0.571. The van der Waals surface area contributed by atoms with Gasteiger partial charge in [0.1, 0.15) is 5.75 Å². The zero-order valence-electron chi connectivity index (χ0n) is 10.9. The second-order valence-corrected chi connectivity index (χ2v) is 5.67. The van der Waals surface area contributed by atoms with Gasteiger partial charge >= 0.3 is 0 Å². The molecule has 3 nitrogen and oxygen atoms in total. The fourth-order valence-corrected chi connectivity index (χ4v) is 3.15. The van der Waals surface area contributed by atoms with Crippen LogP contribution in [0.5, 0.6) is 5.75 Å². The molecule has 0 bridgehead atoms. The highest BCUT2D eigenvalue weighted by atomic mass is 32.2. The lowest BCUT2D eigenvalue weighted by Crippen LogP contribution is -2.04. The van der Waals surface area contributed by atoms with E-state index in [1.807, 2.05) is 30.0 Å². The molecule has 1 aliphatic rings. The van der Waals surface area contributed by atoms with Gasteiger partial charge in [-0.1, -0.05) is 0 Å². The summed E-state index contributed by atoms with van der Waals surface area (Å²) in [6, 6.07) is 5.83. The normalized spacial score (nSPS) is 19.1. The van der Waals surface area contributed by atoms with Crippen molar-refractivity contribution in [1.29, 1.82) is 0 Å². The molecule has 1 heterocycles. The van der Waals surface area contributed by atoms with Gasteiger partial charge in [-0.05, 0) is 43.6 Å². The second-order valence-electron chi connectivity index (χ2n) is 4.54. The quantitative estimate of drug-likeness (QED) is 0.488. The van der Waals surface area contributed by atoms with Crippen LogP contribution in [-0.2, 0) is 4.74 Å². The van der Waals surface area contributed by atoms with Gasteiger partial charge < -0.3 is 15.2 Å². The van der Waals surface area contributed by atoms with Crippen LogP contribution in [-0.4, -0.2) is 25.6 Å². The van der Waals surface area contributed by atoms with Gasteiger partial charge in [0.15, 0.2) is 0 Å². The molecule has 2 rings (SSSR count). The van der Waals surface area contributed by atoms with Crippen molar-refractivity contribution < 1.29 is 9.47 Å². The smallest absolute Gasteiger partial charge is 0.134 e. The van der Waals surface area contributed by atoms with Crippen LogP contribution in [0.4, 0.5) is 5.69 Å². The molecule has 1 saturated heterocycles. The Kier molecular flexibility index (Phi) is 5.20. The summed E-state index contributed by atoms with van der Waals surface area (Å²) in [6.45, 7) is 0.948. The van der Waals surface area contributed by atoms with Crippen LogP contribution < -0.4 is 10.5 Å². The Morgan fingerprint density at radius 1 is 1.50 bits per heavy atom. The summed E-state index contributed by atoms with van der Waals surface area (Å²) in [5.74, 6) is 1.97. The van der Waals surface area contributed by atoms with Crippen molar-refractivity contribution in [1.82, 2.24) is 0 Å². The largest absolute Gasteiger partial charge is 0.496 e. The van der Waals surface area contributed by atoms with Crippen molar-refractivity contribution >= 4 is 17.4 Å². The van der Waals surface area contributed by atoms with Gasteiger partial charge in [0.25, 0.3) is 0 Å². The predicted octanol–water partition coefficient (Wildman–Crippen LogP) is 3.33. The summed E-state index contributed by atoms with van der Waals surface area (Å²) < 4.78 is 10.9. The number of benzene rings is 1. The van der Waals surface area contributed by atoms with Crippen LogP contribution in [0.25, 0.3) is 0 Å². The molecule has 1 aromatic carbocycles. The Bertz CT molecular complexity index is 378. The molecule has 0 spiro atoms. The van der Waals surface area contributed by atoms with Crippen LogP contribution in [0.2, 0.25) is 0 Å². The van der Waals surface area contributed by atoms with Crippen molar-refractivity contribution in [3.05, 3.63) is 18.2 Å². The van der Waals surface area contributed by atoms with E-state index in [9.17, 15) is 0 Å². The van der Waals surface area contributed by atoms with Gasteiger partial charge in [-0.25, -0.2) is 0 Å². The van der Waals surface area contributed by atoms with Gasteiger partial charge in [0.2, 0.25) is 0 Å². The lowest BCUT2D eigenvalue weighted by molar-refractivity contribution is 0.104. The van der Waals surface area contributed by atoms with Crippen molar-refractivity contribution in [2.75, 3.05) is 25.2 Å². The van der Waals surface area contributed by atoms with Gasteiger partial charge in [0, 0.05) is 23.3 Å². The van der Waals surface area contributed by atoms with Crippen molar-refractivity contribution in [3.8, 4) is 5.75 Å². The van der Waals surface area contributed by atoms with Crippen molar-refractivity contribution in [2.24, 2.45) is 0 Å². The number of hydrogen-bond donors (Lipinski definition) is 1. The Hall–Kier alpha value is -0.870. The van der Waals surface area contributed by atoms with E-state index in [1.54, 1.807) is 7.11 Å². The van der Waals surface area contributed by atoms with Crippen LogP contribution >= 0.6 is 11.8 Å². The zero-order valence-corrected chi connectivity index (χ0v) is 11.7. The van der Waals surface area contributed by atoms with E-state index in [1.165, 1.54) is 30.6 Å². The molecule has 0 saturated carbocycles. The third-order valence-corrected chi connectivity index (χ3v) is 4.28. The maximum atomic E-state index is 5.73. The molecule has 4 heteroatoms. The molecule has 1 aromatic rings. The fourth-order valence-electron chi connectivity index (χ4n) is 2.17. The average Bonchev–Trinajstić information content (AvgIpc) is 2.89. The number of nitrogens with two attached hydrogens (primary N) is 1. The van der Waals surface area contributed by atoms with Gasteiger partial charge in [-0.15, -0.1) is 11.8 Å². The molecule has 1 unspecified atom stereocenters. The van der Waals surface area contributed by atoms with E-state index in [4.69, 9.17) is 15.2 Å². The van der Waals surface area contributed by atoms with E-state index in [2.05, 4.69) is 0 Å². The maximum Gasteiger partial charge on any atom is 0.134 e. The summed E-state index contributed by atoms with van der Waals surface area (Å²) in [4.78, 5) is 1.17. The molecular weight excluding hydrogens is 246 g/mol. The van der Waals surface area contributed by atoms with Crippen LogP contribution in [0.3, 0.4) is 0 Å². The Balaban J connectivity index is 1.75. The SMILES string of the molecule is COc1cc(N)ccc1SCCCC1CCCO1. The van der Waals surface area contributed by atoms with Crippen LogP contribution in [0.15, 0.2) is 23.1 Å². The third kappa shape index (κ3) is 3.82. The summed E-state index contributed by atoms with van der Waals surface area (Å²) in [6.07, 6.45) is 5.31. The number of ether oxygens (including phenoxy) is 2. The first kappa shape index (κ1) is 13.6. The monoisotopic (exact) mass is 267 g/mol. The van der Waals surface area contributed by atoms with E-state index in [-0.39, 0.29) is 0 Å². The summed E-state index contributed by atoms with van der Waals surface area (Å²) in [7, 11) is 1.69. The van der Waals surface area contributed by atoms with Gasteiger partial charge in [-0.3, -0.25) is 0 Å². The predicted molar refractivity (Wildman–Crippen MR) is 76.3 cm³/mol. The van der Waals surface area contributed by atoms with Crippen LogP contribution in [0, 0.1) is 0 Å². The van der Waals surface area contributed by atoms with E-state index >= 15 is 0 Å². The Morgan fingerprint density at radius 3 is 3.11 bits per heavy atom. The number of hydrogen-bond acceptors (Lipinski definition) is 4.